The molecule has 0 aromatic rings. The number of ether oxygens (including phenoxy) is 3. The first-order valence-corrected chi connectivity index (χ1v) is 33.0. The third kappa shape index (κ3) is 64.5. The summed E-state index contributed by atoms with van der Waals surface area (Å²) in [6.07, 6.45) is 92.0. The van der Waals surface area contributed by atoms with Gasteiger partial charge in [0, 0.05) is 19.3 Å². The van der Waals surface area contributed by atoms with Gasteiger partial charge in [-0.1, -0.05) is 290 Å². The molecule has 0 fully saturated rings. The summed E-state index contributed by atoms with van der Waals surface area (Å²) in [4.78, 5) is 38.3. The first kappa shape index (κ1) is 74.8. The molecule has 79 heavy (non-hydrogen) atoms. The highest BCUT2D eigenvalue weighted by Crippen LogP contribution is 2.16. The maximum Gasteiger partial charge on any atom is 0.306 e. The van der Waals surface area contributed by atoms with Gasteiger partial charge in [0.05, 0.1) is 0 Å². The van der Waals surface area contributed by atoms with Gasteiger partial charge in [-0.2, -0.15) is 0 Å². The predicted molar refractivity (Wildman–Crippen MR) is 343 cm³/mol. The summed E-state index contributed by atoms with van der Waals surface area (Å²) >= 11 is 0. The van der Waals surface area contributed by atoms with Crippen LogP contribution >= 0.6 is 0 Å². The van der Waals surface area contributed by atoms with Crippen molar-refractivity contribution in [1.29, 1.82) is 0 Å². The molecule has 1 unspecified atom stereocenters. The molecule has 6 heteroatoms. The summed E-state index contributed by atoms with van der Waals surface area (Å²) in [5.74, 6) is -0.915. The van der Waals surface area contributed by atoms with Gasteiger partial charge in [0.1, 0.15) is 13.2 Å². The van der Waals surface area contributed by atoms with E-state index in [0.29, 0.717) is 19.3 Å². The molecule has 0 spiro atoms. The van der Waals surface area contributed by atoms with Crippen LogP contribution in [0.25, 0.3) is 0 Å². The van der Waals surface area contributed by atoms with Crippen LogP contribution in [0.5, 0.6) is 0 Å². The number of hydrogen-bond acceptors (Lipinski definition) is 6. The summed E-state index contributed by atoms with van der Waals surface area (Å²) in [6.45, 7) is 6.50. The van der Waals surface area contributed by atoms with Gasteiger partial charge in [-0.3, -0.25) is 14.4 Å². The van der Waals surface area contributed by atoms with Gasteiger partial charge in [0.15, 0.2) is 6.10 Å². The molecule has 0 bridgehead atoms. The Morgan fingerprint density at radius 2 is 0.494 bits per heavy atom. The summed E-state index contributed by atoms with van der Waals surface area (Å²) in [7, 11) is 0. The average Bonchev–Trinajstić information content (AvgIpc) is 3.45. The standard InChI is InChI=1S/C73H122O6/c1-4-7-10-13-16-19-22-25-28-30-32-33-34-35-36-37-38-39-40-41-42-44-45-48-51-54-57-60-63-66-72(75)78-69-70(68-77-71(74)65-62-59-56-53-50-47-27-24-21-18-15-12-9-6-3)79-73(76)67-64-61-58-55-52-49-46-43-31-29-26-23-20-17-14-11-8-5-2/h7,10,16,19-20,23,25,28-29,31-33,35-36,38-39,41-42,45,48,70H,4-6,8-9,11-15,17-18,21-22,24,26-27,30,34,37,40,43-44,46-47,49-69H2,1-3H3/b10-7-,19-16-,23-20-,28-25-,31-29-,33-32-,36-35-,39-38-,42-41-,48-45-. The molecule has 6 nitrogen and oxygen atoms in total. The van der Waals surface area contributed by atoms with Crippen LogP contribution in [0.3, 0.4) is 0 Å². The fourth-order valence-corrected chi connectivity index (χ4v) is 9.02. The Morgan fingerprint density at radius 3 is 0.785 bits per heavy atom. The molecule has 0 aliphatic heterocycles. The second kappa shape index (κ2) is 66.3. The minimum absolute atomic E-state index is 0.0890. The summed E-state index contributed by atoms with van der Waals surface area (Å²) < 4.78 is 16.9. The maximum absolute atomic E-state index is 12.9. The number of esters is 3. The van der Waals surface area contributed by atoms with E-state index in [1.807, 2.05) is 0 Å². The first-order chi connectivity index (χ1) is 39.0. The van der Waals surface area contributed by atoms with E-state index in [0.717, 1.165) is 135 Å². The summed E-state index contributed by atoms with van der Waals surface area (Å²) in [5.41, 5.74) is 0. The van der Waals surface area contributed by atoms with E-state index in [9.17, 15) is 14.4 Å². The van der Waals surface area contributed by atoms with E-state index in [1.54, 1.807) is 0 Å². The molecule has 450 valence electrons. The van der Waals surface area contributed by atoms with Crippen molar-refractivity contribution < 1.29 is 28.6 Å². The number of carbonyl (C=O) groups excluding carboxylic acids is 3. The Labute approximate surface area is 488 Å². The monoisotopic (exact) mass is 1090 g/mol. The smallest absolute Gasteiger partial charge is 0.306 e. The highest BCUT2D eigenvalue weighted by molar-refractivity contribution is 5.71. The van der Waals surface area contributed by atoms with Crippen molar-refractivity contribution in [2.24, 2.45) is 0 Å². The fourth-order valence-electron chi connectivity index (χ4n) is 9.02. The van der Waals surface area contributed by atoms with Crippen LogP contribution < -0.4 is 0 Å². The van der Waals surface area contributed by atoms with Crippen LogP contribution in [0.2, 0.25) is 0 Å². The van der Waals surface area contributed by atoms with Crippen molar-refractivity contribution in [3.63, 3.8) is 0 Å². The van der Waals surface area contributed by atoms with E-state index < -0.39 is 6.10 Å². The topological polar surface area (TPSA) is 78.9 Å². The molecule has 0 aliphatic carbocycles. The number of carbonyl (C=O) groups is 3. The van der Waals surface area contributed by atoms with Crippen molar-refractivity contribution >= 4 is 17.9 Å². The van der Waals surface area contributed by atoms with Crippen LogP contribution in [-0.2, 0) is 28.6 Å². The Bertz CT molecular complexity index is 1640. The molecule has 0 saturated heterocycles. The van der Waals surface area contributed by atoms with Crippen molar-refractivity contribution in [2.45, 2.75) is 309 Å². The van der Waals surface area contributed by atoms with Gasteiger partial charge in [-0.25, -0.2) is 0 Å². The van der Waals surface area contributed by atoms with Crippen LogP contribution in [0, 0.1) is 0 Å². The van der Waals surface area contributed by atoms with Crippen molar-refractivity contribution in [2.75, 3.05) is 13.2 Å². The number of allylic oxidation sites excluding steroid dienone is 20. The molecule has 0 aromatic heterocycles. The van der Waals surface area contributed by atoms with Crippen molar-refractivity contribution in [3.8, 4) is 0 Å². The lowest BCUT2D eigenvalue weighted by Gasteiger charge is -2.18. The molecule has 0 aliphatic rings. The Hall–Kier alpha value is -4.19. The zero-order valence-electron chi connectivity index (χ0n) is 51.6. The number of unbranched alkanes of at least 4 members (excludes halogenated alkanes) is 28. The number of hydrogen-bond donors (Lipinski definition) is 0. The molecular weight excluding hydrogens is 973 g/mol. The van der Waals surface area contributed by atoms with Gasteiger partial charge in [0.25, 0.3) is 0 Å². The highest BCUT2D eigenvalue weighted by atomic mass is 16.6. The summed E-state index contributed by atoms with van der Waals surface area (Å²) in [5, 5.41) is 0. The minimum Gasteiger partial charge on any atom is -0.462 e. The van der Waals surface area contributed by atoms with E-state index in [4.69, 9.17) is 14.2 Å². The highest BCUT2D eigenvalue weighted by Gasteiger charge is 2.19. The fraction of sp³-hybridized carbons (Fsp3) is 0.685. The molecular formula is C73H122O6. The predicted octanol–water partition coefficient (Wildman–Crippen LogP) is 22.8. The SMILES string of the molecule is CC/C=C\C/C=C\C/C=C\C/C=C\C/C=C\C/C=C\C/C=C\C/C=C\CCCCCCC(=O)OCC(COC(=O)CCCCCCCCCCCCCCCC)OC(=O)CCCCCCCCC/C=C\C/C=C\CCCCCC. The van der Waals surface area contributed by atoms with Crippen LogP contribution in [0.1, 0.15) is 303 Å². The van der Waals surface area contributed by atoms with Gasteiger partial charge in [-0.15, -0.1) is 0 Å². The molecule has 0 radical (unpaired) electrons. The lowest BCUT2D eigenvalue weighted by molar-refractivity contribution is -0.167. The lowest BCUT2D eigenvalue weighted by Crippen LogP contribution is -2.30. The molecule has 0 saturated carbocycles. The Morgan fingerprint density at radius 1 is 0.266 bits per heavy atom. The molecule has 0 amide bonds. The second-order valence-electron chi connectivity index (χ2n) is 21.6. The zero-order chi connectivity index (χ0) is 57.1. The quantitative estimate of drug-likeness (QED) is 0.0261. The third-order valence-electron chi connectivity index (χ3n) is 14.0. The maximum atomic E-state index is 12.9. The lowest BCUT2D eigenvalue weighted by atomic mass is 10.0. The minimum atomic E-state index is -0.796. The van der Waals surface area contributed by atoms with Crippen LogP contribution in [-0.4, -0.2) is 37.2 Å². The first-order valence-electron chi connectivity index (χ1n) is 33.0. The van der Waals surface area contributed by atoms with E-state index in [2.05, 4.69) is 142 Å². The van der Waals surface area contributed by atoms with E-state index in [1.165, 1.54) is 128 Å². The largest absolute Gasteiger partial charge is 0.462 e. The number of rotatable bonds is 59. The van der Waals surface area contributed by atoms with E-state index >= 15 is 0 Å². The van der Waals surface area contributed by atoms with Gasteiger partial charge in [0.2, 0.25) is 0 Å². The normalized spacial score (nSPS) is 12.9. The Kier molecular flexibility index (Phi) is 62.8. The zero-order valence-corrected chi connectivity index (χ0v) is 51.6. The van der Waals surface area contributed by atoms with Gasteiger partial charge < -0.3 is 14.2 Å². The summed E-state index contributed by atoms with van der Waals surface area (Å²) in [6, 6.07) is 0. The van der Waals surface area contributed by atoms with Gasteiger partial charge in [-0.05, 0) is 116 Å². The molecule has 0 aromatic carbocycles. The molecule has 1 atom stereocenters. The molecule has 0 rings (SSSR count). The van der Waals surface area contributed by atoms with E-state index in [-0.39, 0.29) is 31.1 Å². The third-order valence-corrected chi connectivity index (χ3v) is 14.0. The molecule has 0 heterocycles. The second-order valence-corrected chi connectivity index (χ2v) is 21.6. The van der Waals surface area contributed by atoms with Crippen molar-refractivity contribution in [3.05, 3.63) is 122 Å². The van der Waals surface area contributed by atoms with Gasteiger partial charge >= 0.3 is 17.9 Å². The van der Waals surface area contributed by atoms with Crippen LogP contribution in [0.15, 0.2) is 122 Å². The average molecular weight is 1100 g/mol. The Balaban J connectivity index is 4.40. The molecule has 0 N–H and O–H groups in total. The van der Waals surface area contributed by atoms with Crippen LogP contribution in [0.4, 0.5) is 0 Å². The van der Waals surface area contributed by atoms with Crippen molar-refractivity contribution in [1.82, 2.24) is 0 Å².